The van der Waals surface area contributed by atoms with Gasteiger partial charge in [0.2, 0.25) is 0 Å². The van der Waals surface area contributed by atoms with Crippen LogP contribution in [0.25, 0.3) is 11.1 Å². The maximum atomic E-state index is 13.9. The number of hydrogen-bond acceptors (Lipinski definition) is 4. The molecule has 1 saturated heterocycles. The fourth-order valence-corrected chi connectivity index (χ4v) is 4.44. The highest BCUT2D eigenvalue weighted by Crippen LogP contribution is 2.32. The zero-order valence-corrected chi connectivity index (χ0v) is 20.3. The molecule has 3 rings (SSSR count). The summed E-state index contributed by atoms with van der Waals surface area (Å²) in [6.45, 7) is 3.67. The van der Waals surface area contributed by atoms with Crippen LogP contribution in [0.3, 0.4) is 0 Å². The monoisotopic (exact) mass is 493 g/mol. The molecule has 2 aromatic carbocycles. The number of amides is 1. The molecule has 3 N–H and O–H groups in total. The fraction of sp³-hybridized carbons (Fsp3) is 0.500. The molecule has 1 fully saturated rings. The van der Waals surface area contributed by atoms with Gasteiger partial charge in [-0.3, -0.25) is 5.32 Å². The van der Waals surface area contributed by atoms with E-state index >= 15 is 0 Å². The molecule has 2 aromatic rings. The molecule has 0 bridgehead atoms. The van der Waals surface area contributed by atoms with Gasteiger partial charge >= 0.3 is 6.09 Å². The molecule has 0 atom stereocenters. The number of nitrogens with one attached hydrogen (secondary N) is 1. The number of hydrogen-bond donors (Lipinski definition) is 2. The number of rotatable bonds is 11. The molecule has 0 radical (unpaired) electrons. The SMILES string of the molecule is NCCCCCCCCN1CCC(OC(=O)Nc2ccc(F)cc2-c2ccc(F)c(Cl)c2)CC1. The summed E-state index contributed by atoms with van der Waals surface area (Å²) in [5.74, 6) is -1.04. The average Bonchev–Trinajstić information content (AvgIpc) is 2.82. The summed E-state index contributed by atoms with van der Waals surface area (Å²) < 4.78 is 33.0. The Morgan fingerprint density at radius 2 is 1.74 bits per heavy atom. The summed E-state index contributed by atoms with van der Waals surface area (Å²) in [4.78, 5) is 15.0. The second-order valence-electron chi connectivity index (χ2n) is 8.80. The molecule has 8 heteroatoms. The average molecular weight is 494 g/mol. The summed E-state index contributed by atoms with van der Waals surface area (Å²) in [7, 11) is 0. The largest absolute Gasteiger partial charge is 0.446 e. The number of likely N-dealkylation sites (tertiary alicyclic amines) is 1. The lowest BCUT2D eigenvalue weighted by Gasteiger charge is -2.31. The number of nitrogens with two attached hydrogens (primary N) is 1. The van der Waals surface area contributed by atoms with E-state index in [4.69, 9.17) is 22.1 Å². The molecule has 1 aliphatic rings. The molecule has 0 unspecified atom stereocenters. The minimum atomic E-state index is -0.586. The number of benzene rings is 2. The van der Waals surface area contributed by atoms with E-state index in [-0.39, 0.29) is 11.1 Å². The molecular formula is C26H34ClF2N3O2. The van der Waals surface area contributed by atoms with Crippen molar-refractivity contribution in [3.05, 3.63) is 53.1 Å². The predicted molar refractivity (Wildman–Crippen MR) is 133 cm³/mol. The Hall–Kier alpha value is -2.22. The highest BCUT2D eigenvalue weighted by Gasteiger charge is 2.22. The first-order chi connectivity index (χ1) is 16.5. The minimum absolute atomic E-state index is 0.0753. The molecular weight excluding hydrogens is 460 g/mol. The normalized spacial score (nSPS) is 14.8. The third-order valence-corrected chi connectivity index (χ3v) is 6.48. The van der Waals surface area contributed by atoms with Crippen molar-refractivity contribution >= 4 is 23.4 Å². The Kier molecular flexibility index (Phi) is 10.6. The summed E-state index contributed by atoms with van der Waals surface area (Å²) >= 11 is 5.88. The molecule has 1 heterocycles. The van der Waals surface area contributed by atoms with Crippen LogP contribution in [-0.2, 0) is 4.74 Å². The molecule has 0 saturated carbocycles. The van der Waals surface area contributed by atoms with E-state index in [1.807, 2.05) is 0 Å². The van der Waals surface area contributed by atoms with E-state index in [0.29, 0.717) is 16.8 Å². The maximum Gasteiger partial charge on any atom is 0.411 e. The van der Waals surface area contributed by atoms with Gasteiger partial charge in [0, 0.05) is 18.7 Å². The third-order valence-electron chi connectivity index (χ3n) is 6.19. The van der Waals surface area contributed by atoms with Crippen LogP contribution in [0.4, 0.5) is 19.3 Å². The molecule has 1 aliphatic heterocycles. The number of carbonyl (C=O) groups excluding carboxylic acids is 1. The van der Waals surface area contributed by atoms with E-state index < -0.39 is 17.7 Å². The molecule has 0 aliphatic carbocycles. The van der Waals surface area contributed by atoms with Gasteiger partial charge < -0.3 is 15.4 Å². The molecule has 1 amide bonds. The van der Waals surface area contributed by atoms with Crippen molar-refractivity contribution in [2.75, 3.05) is 31.5 Å². The summed E-state index contributed by atoms with van der Waals surface area (Å²) in [5.41, 5.74) is 6.79. The van der Waals surface area contributed by atoms with Crippen molar-refractivity contribution in [2.24, 2.45) is 5.73 Å². The van der Waals surface area contributed by atoms with Crippen LogP contribution in [0.15, 0.2) is 36.4 Å². The first-order valence-corrected chi connectivity index (χ1v) is 12.5. The van der Waals surface area contributed by atoms with Gasteiger partial charge in [-0.15, -0.1) is 0 Å². The van der Waals surface area contributed by atoms with Crippen molar-refractivity contribution < 1.29 is 18.3 Å². The summed E-state index contributed by atoms with van der Waals surface area (Å²) in [6, 6.07) is 8.08. The molecule has 34 heavy (non-hydrogen) atoms. The van der Waals surface area contributed by atoms with Crippen LogP contribution >= 0.6 is 11.6 Å². The number of ether oxygens (including phenoxy) is 1. The zero-order chi connectivity index (χ0) is 24.3. The smallest absolute Gasteiger partial charge is 0.411 e. The number of nitrogens with zero attached hydrogens (tertiary/aromatic N) is 1. The number of unbranched alkanes of at least 4 members (excludes halogenated alkanes) is 5. The Balaban J connectivity index is 1.45. The first-order valence-electron chi connectivity index (χ1n) is 12.1. The van der Waals surface area contributed by atoms with Crippen LogP contribution in [0.5, 0.6) is 0 Å². The molecule has 5 nitrogen and oxygen atoms in total. The van der Waals surface area contributed by atoms with Gasteiger partial charge in [-0.1, -0.05) is 43.4 Å². The van der Waals surface area contributed by atoms with Gasteiger partial charge in [-0.05, 0) is 74.7 Å². The van der Waals surface area contributed by atoms with Crippen molar-refractivity contribution in [1.82, 2.24) is 4.90 Å². The van der Waals surface area contributed by atoms with Crippen molar-refractivity contribution in [3.63, 3.8) is 0 Å². The first kappa shape index (κ1) is 26.4. The van der Waals surface area contributed by atoms with Gasteiger partial charge in [0.15, 0.2) is 0 Å². The second kappa shape index (κ2) is 13.6. The standard InChI is InChI=1S/C26H34ClF2N3O2/c27-23-17-19(7-9-24(23)29)22-18-20(28)8-10-25(22)31-26(33)34-21-11-15-32(16-12-21)14-6-4-2-1-3-5-13-30/h7-10,17-18,21H,1-6,11-16,30H2,(H,31,33). The minimum Gasteiger partial charge on any atom is -0.446 e. The highest BCUT2D eigenvalue weighted by molar-refractivity contribution is 6.31. The van der Waals surface area contributed by atoms with E-state index in [1.165, 1.54) is 68.5 Å². The van der Waals surface area contributed by atoms with Gasteiger partial charge in [-0.2, -0.15) is 0 Å². The Morgan fingerprint density at radius 3 is 2.44 bits per heavy atom. The number of piperidine rings is 1. The fourth-order valence-electron chi connectivity index (χ4n) is 4.26. The van der Waals surface area contributed by atoms with E-state index in [0.717, 1.165) is 45.4 Å². The van der Waals surface area contributed by atoms with Crippen molar-refractivity contribution in [3.8, 4) is 11.1 Å². The van der Waals surface area contributed by atoms with Crippen LogP contribution in [-0.4, -0.2) is 43.3 Å². The lowest BCUT2D eigenvalue weighted by Crippen LogP contribution is -2.38. The van der Waals surface area contributed by atoms with E-state index in [1.54, 1.807) is 0 Å². The Labute approximate surface area is 205 Å². The molecule has 0 spiro atoms. The predicted octanol–water partition coefficient (Wildman–Crippen LogP) is 6.60. The summed E-state index contributed by atoms with van der Waals surface area (Å²) in [5, 5.41) is 2.63. The third kappa shape index (κ3) is 8.22. The molecule has 0 aromatic heterocycles. The number of halogens is 3. The number of anilines is 1. The van der Waals surface area contributed by atoms with Gasteiger partial charge in [0.1, 0.15) is 17.7 Å². The van der Waals surface area contributed by atoms with E-state index in [9.17, 15) is 13.6 Å². The Bertz CT molecular complexity index is 936. The Morgan fingerprint density at radius 1 is 1.03 bits per heavy atom. The zero-order valence-electron chi connectivity index (χ0n) is 19.5. The van der Waals surface area contributed by atoms with Crippen LogP contribution < -0.4 is 11.1 Å². The van der Waals surface area contributed by atoms with Crippen LogP contribution in [0.2, 0.25) is 5.02 Å². The second-order valence-corrected chi connectivity index (χ2v) is 9.21. The quantitative estimate of drug-likeness (QED) is 0.346. The maximum absolute atomic E-state index is 13.9. The topological polar surface area (TPSA) is 67.6 Å². The van der Waals surface area contributed by atoms with Crippen molar-refractivity contribution in [2.45, 2.75) is 57.5 Å². The lowest BCUT2D eigenvalue weighted by atomic mass is 10.0. The van der Waals surface area contributed by atoms with Crippen molar-refractivity contribution in [1.29, 1.82) is 0 Å². The van der Waals surface area contributed by atoms with Gasteiger partial charge in [0.25, 0.3) is 0 Å². The lowest BCUT2D eigenvalue weighted by molar-refractivity contribution is 0.0584. The summed E-state index contributed by atoms with van der Waals surface area (Å²) in [6.07, 6.45) is 8.11. The highest BCUT2D eigenvalue weighted by atomic mass is 35.5. The van der Waals surface area contributed by atoms with E-state index in [2.05, 4.69) is 10.2 Å². The molecule has 186 valence electrons. The van der Waals surface area contributed by atoms with Crippen LogP contribution in [0.1, 0.15) is 51.4 Å². The van der Waals surface area contributed by atoms with Gasteiger partial charge in [-0.25, -0.2) is 13.6 Å². The van der Waals surface area contributed by atoms with Gasteiger partial charge in [0.05, 0.1) is 10.7 Å². The number of carbonyl (C=O) groups is 1. The van der Waals surface area contributed by atoms with Crippen LogP contribution in [0, 0.1) is 11.6 Å².